The largest absolute Gasteiger partial charge is 0.367 e. The van der Waals surface area contributed by atoms with E-state index in [1.807, 2.05) is 13.1 Å². The predicted molar refractivity (Wildman–Crippen MR) is 72.7 cm³/mol. The van der Waals surface area contributed by atoms with Crippen LogP contribution in [0.3, 0.4) is 0 Å². The second kappa shape index (κ2) is 5.36. The zero-order chi connectivity index (χ0) is 13.1. The fourth-order valence-corrected chi connectivity index (χ4v) is 2.51. The molecule has 2 rings (SSSR count). The molecule has 96 valence electrons. The molecule has 0 aliphatic rings. The number of aromatic amines is 1. The van der Waals surface area contributed by atoms with Crippen molar-refractivity contribution >= 4 is 0 Å². The van der Waals surface area contributed by atoms with Gasteiger partial charge in [0.1, 0.15) is 6.10 Å². The quantitative estimate of drug-likeness (QED) is 0.894. The Labute approximate surface area is 108 Å². The molecular formula is C15H20N2O. The van der Waals surface area contributed by atoms with Gasteiger partial charge in [0.15, 0.2) is 0 Å². The maximum atomic E-state index is 5.90. The smallest absolute Gasteiger partial charge is 0.124 e. The van der Waals surface area contributed by atoms with Crippen molar-refractivity contribution in [1.29, 1.82) is 0 Å². The van der Waals surface area contributed by atoms with Crippen LogP contribution < -0.4 is 0 Å². The van der Waals surface area contributed by atoms with Crippen molar-refractivity contribution in [2.75, 3.05) is 6.61 Å². The van der Waals surface area contributed by atoms with Gasteiger partial charge in [-0.1, -0.05) is 17.7 Å². The summed E-state index contributed by atoms with van der Waals surface area (Å²) < 4.78 is 5.90. The maximum Gasteiger partial charge on any atom is 0.124 e. The van der Waals surface area contributed by atoms with E-state index < -0.39 is 0 Å². The summed E-state index contributed by atoms with van der Waals surface area (Å²) in [6.07, 6.45) is 3.47. The lowest BCUT2D eigenvalue weighted by Crippen LogP contribution is -2.10. The lowest BCUT2D eigenvalue weighted by molar-refractivity contribution is 0.0878. The Morgan fingerprint density at radius 3 is 2.39 bits per heavy atom. The Kier molecular flexibility index (Phi) is 3.82. The molecule has 1 heterocycles. The van der Waals surface area contributed by atoms with Gasteiger partial charge >= 0.3 is 0 Å². The van der Waals surface area contributed by atoms with E-state index in [2.05, 4.69) is 42.9 Å². The first kappa shape index (κ1) is 12.8. The van der Waals surface area contributed by atoms with E-state index in [1.54, 1.807) is 6.33 Å². The number of ether oxygens (including phenoxy) is 1. The summed E-state index contributed by atoms with van der Waals surface area (Å²) in [5.41, 5.74) is 6.06. The van der Waals surface area contributed by atoms with Crippen molar-refractivity contribution < 1.29 is 4.74 Å². The molecule has 0 spiro atoms. The van der Waals surface area contributed by atoms with Gasteiger partial charge in [0.2, 0.25) is 0 Å². The van der Waals surface area contributed by atoms with Crippen LogP contribution in [0.15, 0.2) is 24.7 Å². The molecule has 0 saturated heterocycles. The molecule has 2 aromatic rings. The maximum absolute atomic E-state index is 5.90. The van der Waals surface area contributed by atoms with E-state index in [1.165, 1.54) is 22.3 Å². The Bertz CT molecular complexity index is 494. The summed E-state index contributed by atoms with van der Waals surface area (Å²) in [5, 5.41) is 0. The van der Waals surface area contributed by atoms with Crippen molar-refractivity contribution in [2.24, 2.45) is 0 Å². The van der Waals surface area contributed by atoms with Crippen LogP contribution in [0.1, 0.15) is 41.0 Å². The van der Waals surface area contributed by atoms with Gasteiger partial charge < -0.3 is 9.72 Å². The highest BCUT2D eigenvalue weighted by Crippen LogP contribution is 2.30. The molecule has 3 heteroatoms. The molecule has 1 unspecified atom stereocenters. The molecule has 0 aliphatic carbocycles. The highest BCUT2D eigenvalue weighted by Gasteiger charge is 2.20. The Morgan fingerprint density at radius 2 is 1.89 bits per heavy atom. The predicted octanol–water partition coefficient (Wildman–Crippen LogP) is 3.46. The van der Waals surface area contributed by atoms with Gasteiger partial charge in [0.05, 0.1) is 18.2 Å². The fourth-order valence-electron chi connectivity index (χ4n) is 2.51. The van der Waals surface area contributed by atoms with E-state index in [0.717, 1.165) is 5.69 Å². The average Bonchev–Trinajstić information content (AvgIpc) is 2.79. The van der Waals surface area contributed by atoms with Gasteiger partial charge in [-0.25, -0.2) is 4.98 Å². The van der Waals surface area contributed by atoms with Gasteiger partial charge in [0.25, 0.3) is 0 Å². The number of imidazole rings is 1. The lowest BCUT2D eigenvalue weighted by Gasteiger charge is -2.21. The van der Waals surface area contributed by atoms with Crippen molar-refractivity contribution in [3.63, 3.8) is 0 Å². The summed E-state index contributed by atoms with van der Waals surface area (Å²) >= 11 is 0. The molecule has 18 heavy (non-hydrogen) atoms. The summed E-state index contributed by atoms with van der Waals surface area (Å²) in [7, 11) is 0. The van der Waals surface area contributed by atoms with Gasteiger partial charge in [-0.2, -0.15) is 0 Å². The van der Waals surface area contributed by atoms with E-state index >= 15 is 0 Å². The fraction of sp³-hybridized carbons (Fsp3) is 0.400. The molecule has 3 nitrogen and oxygen atoms in total. The molecule has 0 fully saturated rings. The van der Waals surface area contributed by atoms with E-state index in [9.17, 15) is 0 Å². The van der Waals surface area contributed by atoms with E-state index in [0.29, 0.717) is 6.61 Å². The molecule has 0 aliphatic heterocycles. The Morgan fingerprint density at radius 1 is 1.22 bits per heavy atom. The third-order valence-corrected chi connectivity index (χ3v) is 3.14. The standard InChI is InChI=1S/C15H20N2O/c1-5-18-15(13-8-16-9-17-13)14-11(3)6-10(2)7-12(14)4/h6-9,15H,5H2,1-4H3,(H,16,17). The van der Waals surface area contributed by atoms with Crippen molar-refractivity contribution in [2.45, 2.75) is 33.8 Å². The Balaban J connectivity index is 2.49. The first-order chi connectivity index (χ1) is 8.63. The SMILES string of the molecule is CCOC(c1cnc[nH]1)c1c(C)cc(C)cc1C. The first-order valence-electron chi connectivity index (χ1n) is 6.31. The third kappa shape index (κ3) is 2.46. The van der Waals surface area contributed by atoms with Crippen LogP contribution in [-0.2, 0) is 4.74 Å². The second-order valence-electron chi connectivity index (χ2n) is 4.65. The zero-order valence-electron chi connectivity index (χ0n) is 11.4. The first-order valence-corrected chi connectivity index (χ1v) is 6.31. The second-order valence-corrected chi connectivity index (χ2v) is 4.65. The highest BCUT2D eigenvalue weighted by atomic mass is 16.5. The minimum absolute atomic E-state index is 0.0573. The van der Waals surface area contributed by atoms with Crippen LogP contribution in [0, 0.1) is 20.8 Å². The number of rotatable bonds is 4. The van der Waals surface area contributed by atoms with Crippen LogP contribution >= 0.6 is 0 Å². The minimum atomic E-state index is -0.0573. The molecule has 0 saturated carbocycles. The van der Waals surface area contributed by atoms with Crippen LogP contribution in [0.5, 0.6) is 0 Å². The molecule has 0 bridgehead atoms. The van der Waals surface area contributed by atoms with Crippen LogP contribution in [0.4, 0.5) is 0 Å². The van der Waals surface area contributed by atoms with Crippen LogP contribution in [-0.4, -0.2) is 16.6 Å². The van der Waals surface area contributed by atoms with Gasteiger partial charge in [-0.05, 0) is 44.4 Å². The van der Waals surface area contributed by atoms with Crippen molar-refractivity contribution in [3.05, 3.63) is 52.6 Å². The highest BCUT2D eigenvalue weighted by molar-refractivity contribution is 5.41. The average molecular weight is 244 g/mol. The van der Waals surface area contributed by atoms with Crippen molar-refractivity contribution in [1.82, 2.24) is 9.97 Å². The van der Waals surface area contributed by atoms with E-state index in [-0.39, 0.29) is 6.10 Å². The number of hydrogen-bond acceptors (Lipinski definition) is 2. The number of benzene rings is 1. The summed E-state index contributed by atoms with van der Waals surface area (Å²) in [5.74, 6) is 0. The molecule has 0 radical (unpaired) electrons. The summed E-state index contributed by atoms with van der Waals surface area (Å²) in [6, 6.07) is 4.40. The number of nitrogens with one attached hydrogen (secondary N) is 1. The molecular weight excluding hydrogens is 224 g/mol. The number of nitrogens with zero attached hydrogens (tertiary/aromatic N) is 1. The number of aromatic nitrogens is 2. The van der Waals surface area contributed by atoms with Crippen LogP contribution in [0.2, 0.25) is 0 Å². The summed E-state index contributed by atoms with van der Waals surface area (Å²) in [6.45, 7) is 9.09. The van der Waals surface area contributed by atoms with E-state index in [4.69, 9.17) is 4.74 Å². The topological polar surface area (TPSA) is 37.9 Å². The molecule has 1 atom stereocenters. The van der Waals surface area contributed by atoms with Gasteiger partial charge in [-0.15, -0.1) is 0 Å². The zero-order valence-corrected chi connectivity index (χ0v) is 11.4. The molecule has 1 aromatic heterocycles. The van der Waals surface area contributed by atoms with Crippen molar-refractivity contribution in [3.8, 4) is 0 Å². The van der Waals surface area contributed by atoms with Gasteiger partial charge in [0, 0.05) is 6.61 Å². The molecule has 0 amide bonds. The summed E-state index contributed by atoms with van der Waals surface area (Å²) in [4.78, 5) is 7.25. The van der Waals surface area contributed by atoms with Gasteiger partial charge in [-0.3, -0.25) is 0 Å². The van der Waals surface area contributed by atoms with Crippen LogP contribution in [0.25, 0.3) is 0 Å². The minimum Gasteiger partial charge on any atom is -0.367 e. The Hall–Kier alpha value is -1.61. The monoisotopic (exact) mass is 244 g/mol. The third-order valence-electron chi connectivity index (χ3n) is 3.14. The molecule has 1 aromatic carbocycles. The number of aryl methyl sites for hydroxylation is 3. The molecule has 1 N–H and O–H groups in total. The number of H-pyrrole nitrogens is 1. The normalized spacial score (nSPS) is 12.7. The number of hydrogen-bond donors (Lipinski definition) is 1. The lowest BCUT2D eigenvalue weighted by atomic mass is 9.94.